The highest BCUT2D eigenvalue weighted by Gasteiger charge is 2.20. The molecule has 0 aliphatic heterocycles. The Morgan fingerprint density at radius 3 is 2.28 bits per heavy atom. The van der Waals surface area contributed by atoms with Gasteiger partial charge in [-0.25, -0.2) is 0 Å². The van der Waals surface area contributed by atoms with E-state index in [0.717, 1.165) is 5.56 Å². The summed E-state index contributed by atoms with van der Waals surface area (Å²) in [6, 6.07) is 8.96. The van der Waals surface area contributed by atoms with Crippen molar-refractivity contribution < 1.29 is 28.3 Å². The van der Waals surface area contributed by atoms with Gasteiger partial charge in [-0.2, -0.15) is 0 Å². The molecule has 0 saturated carbocycles. The van der Waals surface area contributed by atoms with E-state index < -0.39 is 0 Å². The van der Waals surface area contributed by atoms with E-state index in [0.29, 0.717) is 52.0 Å². The zero-order valence-electron chi connectivity index (χ0n) is 18.4. The van der Waals surface area contributed by atoms with Crippen LogP contribution in [0.4, 0.5) is 5.69 Å². The number of amides is 1. The highest BCUT2D eigenvalue weighted by atomic mass is 16.5. The van der Waals surface area contributed by atoms with Crippen molar-refractivity contribution in [2.24, 2.45) is 0 Å². The molecule has 8 heteroatoms. The maximum Gasteiger partial charge on any atom is 0.225 e. The molecule has 1 amide bonds. The zero-order chi connectivity index (χ0) is 23.1. The molecule has 1 heterocycles. The van der Waals surface area contributed by atoms with E-state index in [1.54, 1.807) is 44.7 Å². The smallest absolute Gasteiger partial charge is 0.225 e. The molecule has 8 nitrogen and oxygen atoms in total. The normalized spacial score (nSPS) is 10.2. The van der Waals surface area contributed by atoms with Crippen molar-refractivity contribution in [3.05, 3.63) is 36.5 Å². The fourth-order valence-electron chi connectivity index (χ4n) is 3.24. The Bertz CT molecular complexity index is 1120. The summed E-state index contributed by atoms with van der Waals surface area (Å²) in [6.07, 6.45) is 7.42. The molecule has 166 valence electrons. The van der Waals surface area contributed by atoms with E-state index in [2.05, 4.69) is 16.4 Å². The van der Waals surface area contributed by atoms with Gasteiger partial charge in [0.15, 0.2) is 17.3 Å². The van der Waals surface area contributed by atoms with Crippen molar-refractivity contribution >= 4 is 11.6 Å². The maximum absolute atomic E-state index is 12.2. The minimum absolute atomic E-state index is 0.200. The van der Waals surface area contributed by atoms with Crippen molar-refractivity contribution in [3.8, 4) is 57.8 Å². The molecule has 3 aromatic rings. The van der Waals surface area contributed by atoms with Crippen LogP contribution in [0.2, 0.25) is 0 Å². The van der Waals surface area contributed by atoms with E-state index in [1.807, 2.05) is 6.07 Å². The molecular weight excluding hydrogens is 412 g/mol. The molecule has 0 aliphatic carbocycles. The van der Waals surface area contributed by atoms with Crippen LogP contribution in [0, 0.1) is 12.3 Å². The molecule has 0 fully saturated rings. The Balaban J connectivity index is 2.04. The van der Waals surface area contributed by atoms with Gasteiger partial charge in [-0.15, -0.1) is 12.3 Å². The lowest BCUT2D eigenvalue weighted by atomic mass is 10.0. The SMILES string of the molecule is C#CCCC(=O)Nc1cc(-c2cnoc2-c2cc(OC)c(OC)c(OC)c2)ccc1OC. The quantitative estimate of drug-likeness (QED) is 0.497. The first-order valence-corrected chi connectivity index (χ1v) is 9.73. The molecule has 0 bridgehead atoms. The van der Waals surface area contributed by atoms with Gasteiger partial charge in [0.2, 0.25) is 11.7 Å². The van der Waals surface area contributed by atoms with Crippen LogP contribution in [-0.4, -0.2) is 39.5 Å². The van der Waals surface area contributed by atoms with Crippen molar-refractivity contribution in [2.45, 2.75) is 12.8 Å². The molecule has 2 aromatic carbocycles. The highest BCUT2D eigenvalue weighted by molar-refractivity contribution is 5.94. The number of anilines is 1. The summed E-state index contributed by atoms with van der Waals surface area (Å²) in [5.41, 5.74) is 2.68. The second kappa shape index (κ2) is 10.3. The fraction of sp³-hybridized carbons (Fsp3) is 0.250. The van der Waals surface area contributed by atoms with Crippen LogP contribution < -0.4 is 24.3 Å². The van der Waals surface area contributed by atoms with Crippen LogP contribution in [0.25, 0.3) is 22.5 Å². The second-order valence-corrected chi connectivity index (χ2v) is 6.65. The Morgan fingerprint density at radius 1 is 1.00 bits per heavy atom. The summed E-state index contributed by atoms with van der Waals surface area (Å²) in [7, 11) is 6.16. The Hall–Kier alpha value is -4.12. The molecule has 0 spiro atoms. The van der Waals surface area contributed by atoms with E-state index >= 15 is 0 Å². The molecule has 3 rings (SSSR count). The summed E-state index contributed by atoms with van der Waals surface area (Å²) in [5.74, 6) is 4.72. The number of carbonyl (C=O) groups excluding carboxylic acids is 1. The van der Waals surface area contributed by atoms with Gasteiger partial charge in [0.25, 0.3) is 0 Å². The monoisotopic (exact) mass is 436 g/mol. The third-order valence-corrected chi connectivity index (χ3v) is 4.78. The first-order valence-electron chi connectivity index (χ1n) is 9.73. The minimum Gasteiger partial charge on any atom is -0.495 e. The Kier molecular flexibility index (Phi) is 7.24. The topological polar surface area (TPSA) is 92.1 Å². The number of terminal acetylenes is 1. The van der Waals surface area contributed by atoms with Gasteiger partial charge in [0, 0.05) is 24.0 Å². The number of nitrogens with one attached hydrogen (secondary N) is 1. The van der Waals surface area contributed by atoms with Gasteiger partial charge >= 0.3 is 0 Å². The van der Waals surface area contributed by atoms with E-state index in [-0.39, 0.29) is 12.3 Å². The third-order valence-electron chi connectivity index (χ3n) is 4.78. The van der Waals surface area contributed by atoms with Gasteiger partial charge in [-0.05, 0) is 29.8 Å². The highest BCUT2D eigenvalue weighted by Crippen LogP contribution is 2.44. The van der Waals surface area contributed by atoms with Gasteiger partial charge in [-0.3, -0.25) is 4.79 Å². The fourth-order valence-corrected chi connectivity index (χ4v) is 3.24. The van der Waals surface area contributed by atoms with Crippen molar-refractivity contribution in [3.63, 3.8) is 0 Å². The average Bonchev–Trinajstić information content (AvgIpc) is 3.31. The predicted molar refractivity (Wildman–Crippen MR) is 120 cm³/mol. The van der Waals surface area contributed by atoms with E-state index in [1.165, 1.54) is 14.2 Å². The largest absolute Gasteiger partial charge is 0.495 e. The van der Waals surface area contributed by atoms with Gasteiger partial charge in [0.1, 0.15) is 5.75 Å². The molecule has 0 unspecified atom stereocenters. The average molecular weight is 436 g/mol. The summed E-state index contributed by atoms with van der Waals surface area (Å²) >= 11 is 0. The van der Waals surface area contributed by atoms with Crippen LogP contribution in [0.15, 0.2) is 41.1 Å². The third kappa shape index (κ3) is 4.62. The number of benzene rings is 2. The zero-order valence-corrected chi connectivity index (χ0v) is 18.4. The number of hydrogen-bond donors (Lipinski definition) is 1. The summed E-state index contributed by atoms with van der Waals surface area (Å²) < 4.78 is 27.2. The number of methoxy groups -OCH3 is 4. The number of rotatable bonds is 9. The number of nitrogens with zero attached hydrogens (tertiary/aromatic N) is 1. The maximum atomic E-state index is 12.2. The lowest BCUT2D eigenvalue weighted by Gasteiger charge is -2.14. The molecule has 32 heavy (non-hydrogen) atoms. The van der Waals surface area contributed by atoms with E-state index in [9.17, 15) is 4.79 Å². The summed E-state index contributed by atoms with van der Waals surface area (Å²) in [5, 5.41) is 6.82. The van der Waals surface area contributed by atoms with Crippen molar-refractivity contribution in [1.29, 1.82) is 0 Å². The van der Waals surface area contributed by atoms with Gasteiger partial charge in [0.05, 0.1) is 40.3 Å². The molecule has 0 atom stereocenters. The van der Waals surface area contributed by atoms with Crippen LogP contribution in [0.1, 0.15) is 12.8 Å². The van der Waals surface area contributed by atoms with Crippen LogP contribution >= 0.6 is 0 Å². The molecular formula is C24H24N2O6. The van der Waals surface area contributed by atoms with Gasteiger partial charge in [-0.1, -0.05) is 11.2 Å². The van der Waals surface area contributed by atoms with Crippen LogP contribution in [0.5, 0.6) is 23.0 Å². The first-order chi connectivity index (χ1) is 15.6. The number of ether oxygens (including phenoxy) is 4. The summed E-state index contributed by atoms with van der Waals surface area (Å²) in [6.45, 7) is 0. The standard InChI is InChI=1S/C24H24N2O6/c1-6-7-8-22(27)26-18-11-15(9-10-19(18)28-2)17-14-25-32-23(17)16-12-20(29-3)24(31-5)21(13-16)30-4/h1,9-14H,7-8H2,2-5H3,(H,26,27). The lowest BCUT2D eigenvalue weighted by molar-refractivity contribution is -0.116. The molecule has 0 saturated heterocycles. The predicted octanol–water partition coefficient (Wildman–Crippen LogP) is 4.39. The number of aromatic nitrogens is 1. The van der Waals surface area contributed by atoms with E-state index in [4.69, 9.17) is 29.9 Å². The lowest BCUT2D eigenvalue weighted by Crippen LogP contribution is -2.11. The molecule has 1 aromatic heterocycles. The Labute approximate surface area is 186 Å². The van der Waals surface area contributed by atoms with Crippen molar-refractivity contribution in [2.75, 3.05) is 33.8 Å². The van der Waals surface area contributed by atoms with Crippen LogP contribution in [-0.2, 0) is 4.79 Å². The first kappa shape index (κ1) is 22.6. The number of hydrogen-bond acceptors (Lipinski definition) is 7. The van der Waals surface area contributed by atoms with Gasteiger partial charge < -0.3 is 28.8 Å². The summed E-state index contributed by atoms with van der Waals surface area (Å²) in [4.78, 5) is 12.2. The second-order valence-electron chi connectivity index (χ2n) is 6.65. The molecule has 0 aliphatic rings. The van der Waals surface area contributed by atoms with Crippen molar-refractivity contribution in [1.82, 2.24) is 5.16 Å². The van der Waals surface area contributed by atoms with Crippen LogP contribution in [0.3, 0.4) is 0 Å². The number of carbonyl (C=O) groups is 1. The Morgan fingerprint density at radius 2 is 1.69 bits per heavy atom. The molecule has 0 radical (unpaired) electrons. The molecule has 1 N–H and O–H groups in total. The minimum atomic E-state index is -0.200.